The van der Waals surface area contributed by atoms with Gasteiger partial charge in [0.15, 0.2) is 0 Å². The van der Waals surface area contributed by atoms with Gasteiger partial charge < -0.3 is 10.2 Å². The molecule has 0 aliphatic carbocycles. The first-order chi connectivity index (χ1) is 10.1. The van der Waals surface area contributed by atoms with Crippen molar-refractivity contribution in [1.29, 1.82) is 0 Å². The Morgan fingerprint density at radius 3 is 2.71 bits per heavy atom. The van der Waals surface area contributed by atoms with E-state index in [1.54, 1.807) is 6.20 Å². The van der Waals surface area contributed by atoms with E-state index in [0.717, 1.165) is 12.1 Å². The van der Waals surface area contributed by atoms with Gasteiger partial charge in [0.2, 0.25) is 5.91 Å². The van der Waals surface area contributed by atoms with Crippen LogP contribution in [0.15, 0.2) is 36.7 Å². The van der Waals surface area contributed by atoms with Crippen molar-refractivity contribution in [2.24, 2.45) is 0 Å². The van der Waals surface area contributed by atoms with Crippen molar-refractivity contribution < 1.29 is 4.79 Å². The van der Waals surface area contributed by atoms with Crippen molar-refractivity contribution in [2.45, 2.75) is 25.9 Å². The second-order valence-corrected chi connectivity index (χ2v) is 5.39. The fourth-order valence-electron chi connectivity index (χ4n) is 2.18. The molecule has 5 heteroatoms. The molecule has 2 N–H and O–H groups in total. The number of aryl methyl sites for hydroxylation is 1. The van der Waals surface area contributed by atoms with Gasteiger partial charge in [-0.15, -0.1) is 0 Å². The predicted octanol–water partition coefficient (Wildman–Crippen LogP) is 1.72. The highest BCUT2D eigenvalue weighted by molar-refractivity contribution is 5.76. The molecular formula is C16H22N4O. The summed E-state index contributed by atoms with van der Waals surface area (Å²) < 4.78 is 0. The van der Waals surface area contributed by atoms with Gasteiger partial charge in [0.25, 0.3) is 0 Å². The summed E-state index contributed by atoms with van der Waals surface area (Å²) in [7, 11) is 4.08. The predicted molar refractivity (Wildman–Crippen MR) is 82.6 cm³/mol. The number of benzene rings is 1. The molecule has 1 aromatic carbocycles. The van der Waals surface area contributed by atoms with E-state index in [-0.39, 0.29) is 5.91 Å². The van der Waals surface area contributed by atoms with Crippen LogP contribution < -0.4 is 5.32 Å². The molecule has 1 heterocycles. The van der Waals surface area contributed by atoms with Gasteiger partial charge in [-0.25, -0.2) is 0 Å². The van der Waals surface area contributed by atoms with Crippen LogP contribution in [0.1, 0.15) is 23.1 Å². The zero-order valence-electron chi connectivity index (χ0n) is 12.6. The van der Waals surface area contributed by atoms with Crippen molar-refractivity contribution >= 4 is 5.91 Å². The average Bonchev–Trinajstić information content (AvgIpc) is 2.97. The second kappa shape index (κ2) is 7.59. The number of rotatable bonds is 7. The van der Waals surface area contributed by atoms with Crippen LogP contribution in [0.3, 0.4) is 0 Å². The molecule has 0 saturated heterocycles. The number of hydrogen-bond acceptors (Lipinski definition) is 3. The van der Waals surface area contributed by atoms with E-state index in [1.807, 2.05) is 32.4 Å². The summed E-state index contributed by atoms with van der Waals surface area (Å²) in [6.07, 6.45) is 4.76. The number of nitrogens with zero attached hydrogens (tertiary/aromatic N) is 2. The van der Waals surface area contributed by atoms with Gasteiger partial charge in [-0.05, 0) is 37.2 Å². The number of nitrogens with one attached hydrogen (secondary N) is 2. The third-order valence-corrected chi connectivity index (χ3v) is 3.28. The number of aromatic nitrogens is 2. The van der Waals surface area contributed by atoms with Crippen molar-refractivity contribution in [3.05, 3.63) is 53.3 Å². The van der Waals surface area contributed by atoms with Gasteiger partial charge >= 0.3 is 0 Å². The lowest BCUT2D eigenvalue weighted by molar-refractivity contribution is -0.121. The third kappa shape index (κ3) is 5.04. The lowest BCUT2D eigenvalue weighted by Crippen LogP contribution is -2.24. The Balaban J connectivity index is 1.83. The highest BCUT2D eigenvalue weighted by Gasteiger charge is 2.06. The van der Waals surface area contributed by atoms with Crippen LogP contribution in [-0.2, 0) is 24.3 Å². The smallest absolute Gasteiger partial charge is 0.220 e. The fraction of sp³-hybridized carbons (Fsp3) is 0.375. The molecule has 5 nitrogen and oxygen atoms in total. The van der Waals surface area contributed by atoms with E-state index in [4.69, 9.17) is 0 Å². The molecule has 0 spiro atoms. The molecule has 0 aliphatic heterocycles. The maximum absolute atomic E-state index is 11.9. The molecule has 0 radical (unpaired) electrons. The molecule has 21 heavy (non-hydrogen) atoms. The molecule has 0 unspecified atom stereocenters. The standard InChI is InChI=1S/C16H22N4O/c1-20(2)12-15-6-4-3-5-14(15)11-17-16(21)8-7-13-9-18-19-10-13/h3-6,9-10H,7-8,11-12H2,1-2H3,(H,17,21)(H,18,19). The molecule has 112 valence electrons. The van der Waals surface area contributed by atoms with Crippen molar-refractivity contribution in [1.82, 2.24) is 20.4 Å². The van der Waals surface area contributed by atoms with E-state index in [1.165, 1.54) is 11.1 Å². The lowest BCUT2D eigenvalue weighted by atomic mass is 10.1. The van der Waals surface area contributed by atoms with Crippen LogP contribution in [0.25, 0.3) is 0 Å². The monoisotopic (exact) mass is 286 g/mol. The van der Waals surface area contributed by atoms with Crippen LogP contribution >= 0.6 is 0 Å². The number of hydrogen-bond donors (Lipinski definition) is 2. The molecule has 0 bridgehead atoms. The summed E-state index contributed by atoms with van der Waals surface area (Å²) in [6, 6.07) is 8.21. The Kier molecular flexibility index (Phi) is 5.51. The molecule has 0 aliphatic rings. The average molecular weight is 286 g/mol. The van der Waals surface area contributed by atoms with Crippen LogP contribution in [0.2, 0.25) is 0 Å². The molecule has 2 aromatic rings. The summed E-state index contributed by atoms with van der Waals surface area (Å²) in [5, 5.41) is 9.61. The topological polar surface area (TPSA) is 61.0 Å². The van der Waals surface area contributed by atoms with Crippen molar-refractivity contribution in [3.63, 3.8) is 0 Å². The summed E-state index contributed by atoms with van der Waals surface area (Å²) in [5.41, 5.74) is 3.47. The van der Waals surface area contributed by atoms with E-state index in [0.29, 0.717) is 19.4 Å². The van der Waals surface area contributed by atoms with Crippen LogP contribution in [0, 0.1) is 0 Å². The molecule has 0 fully saturated rings. The first-order valence-corrected chi connectivity index (χ1v) is 7.11. The van der Waals surface area contributed by atoms with E-state index < -0.39 is 0 Å². The van der Waals surface area contributed by atoms with Gasteiger partial charge in [-0.3, -0.25) is 9.89 Å². The van der Waals surface area contributed by atoms with E-state index in [9.17, 15) is 4.79 Å². The van der Waals surface area contributed by atoms with Gasteiger partial charge in [0, 0.05) is 25.7 Å². The number of amides is 1. The number of H-pyrrole nitrogens is 1. The van der Waals surface area contributed by atoms with Gasteiger partial charge in [0.1, 0.15) is 0 Å². The summed E-state index contributed by atoms with van der Waals surface area (Å²) in [6.45, 7) is 1.45. The SMILES string of the molecule is CN(C)Cc1ccccc1CNC(=O)CCc1cn[nH]c1. The highest BCUT2D eigenvalue weighted by Crippen LogP contribution is 2.10. The van der Waals surface area contributed by atoms with Crippen molar-refractivity contribution in [3.8, 4) is 0 Å². The first-order valence-electron chi connectivity index (χ1n) is 7.11. The Morgan fingerprint density at radius 2 is 2.05 bits per heavy atom. The summed E-state index contributed by atoms with van der Waals surface area (Å²) >= 11 is 0. The maximum Gasteiger partial charge on any atom is 0.220 e. The molecule has 0 atom stereocenters. The minimum Gasteiger partial charge on any atom is -0.352 e. The van der Waals surface area contributed by atoms with Gasteiger partial charge in [-0.1, -0.05) is 24.3 Å². The zero-order valence-corrected chi connectivity index (χ0v) is 12.6. The fourth-order valence-corrected chi connectivity index (χ4v) is 2.18. The number of aromatic amines is 1. The van der Waals surface area contributed by atoms with Gasteiger partial charge in [0.05, 0.1) is 6.20 Å². The molecular weight excluding hydrogens is 264 g/mol. The Labute approximate surface area is 125 Å². The normalized spacial score (nSPS) is 10.8. The quantitative estimate of drug-likeness (QED) is 0.814. The number of carbonyl (C=O) groups excluding carboxylic acids is 1. The summed E-state index contributed by atoms with van der Waals surface area (Å²) in [4.78, 5) is 14.0. The summed E-state index contributed by atoms with van der Waals surface area (Å²) in [5.74, 6) is 0.0656. The van der Waals surface area contributed by atoms with E-state index in [2.05, 4.69) is 32.5 Å². The van der Waals surface area contributed by atoms with Crippen LogP contribution in [-0.4, -0.2) is 35.1 Å². The Hall–Kier alpha value is -2.14. The minimum absolute atomic E-state index is 0.0656. The highest BCUT2D eigenvalue weighted by atomic mass is 16.1. The third-order valence-electron chi connectivity index (χ3n) is 3.28. The molecule has 1 aromatic heterocycles. The first kappa shape index (κ1) is 15.3. The molecule has 1 amide bonds. The van der Waals surface area contributed by atoms with Crippen LogP contribution in [0.4, 0.5) is 0 Å². The van der Waals surface area contributed by atoms with Gasteiger partial charge in [-0.2, -0.15) is 5.10 Å². The zero-order chi connectivity index (χ0) is 15.1. The van der Waals surface area contributed by atoms with E-state index >= 15 is 0 Å². The lowest BCUT2D eigenvalue weighted by Gasteiger charge is -2.14. The molecule has 2 rings (SSSR count). The molecule has 0 saturated carbocycles. The van der Waals surface area contributed by atoms with Crippen molar-refractivity contribution in [2.75, 3.05) is 14.1 Å². The van der Waals surface area contributed by atoms with Crippen LogP contribution in [0.5, 0.6) is 0 Å². The Bertz CT molecular complexity index is 563. The maximum atomic E-state index is 11.9. The Morgan fingerprint density at radius 1 is 1.29 bits per heavy atom. The number of carbonyl (C=O) groups is 1. The largest absolute Gasteiger partial charge is 0.352 e. The second-order valence-electron chi connectivity index (χ2n) is 5.39. The minimum atomic E-state index is 0.0656.